The summed E-state index contributed by atoms with van der Waals surface area (Å²) in [4.78, 5) is 23.6. The second kappa shape index (κ2) is 7.53. The minimum Gasteiger partial charge on any atom is -0.355 e. The van der Waals surface area contributed by atoms with Crippen molar-refractivity contribution in [1.82, 2.24) is 5.32 Å². The molecule has 5 heteroatoms. The van der Waals surface area contributed by atoms with Gasteiger partial charge in [0, 0.05) is 7.05 Å². The minimum atomic E-state index is -0.544. The van der Waals surface area contributed by atoms with Gasteiger partial charge in [0.25, 0.3) is 5.91 Å². The Morgan fingerprint density at radius 2 is 2.00 bits per heavy atom. The normalized spacial score (nSPS) is 11.7. The average Bonchev–Trinajstić information content (AvgIpc) is 2.44. The number of nitrogens with two attached hydrogens (primary N) is 1. The molecule has 0 heterocycles. The lowest BCUT2D eigenvalue weighted by Gasteiger charge is -2.14. The van der Waals surface area contributed by atoms with Crippen molar-refractivity contribution in [3.05, 3.63) is 29.8 Å². The zero-order chi connectivity index (χ0) is 14.3. The van der Waals surface area contributed by atoms with E-state index in [0.717, 1.165) is 12.8 Å². The van der Waals surface area contributed by atoms with Crippen LogP contribution in [0.5, 0.6) is 0 Å². The quantitative estimate of drug-likeness (QED) is 0.727. The highest BCUT2D eigenvalue weighted by atomic mass is 16.2. The molecule has 0 saturated heterocycles. The standard InChI is InChI=1S/C14H21N3O2/c1-3-4-8-11(15)14(19)17-12-9-6-5-7-10(12)13(18)16-2/h5-7,9,11H,3-4,8,15H2,1-2H3,(H,16,18)(H,17,19)/t11-/m0/s1. The highest BCUT2D eigenvalue weighted by Gasteiger charge is 2.16. The Hall–Kier alpha value is -1.88. The van der Waals surface area contributed by atoms with E-state index in [1.807, 2.05) is 6.92 Å². The summed E-state index contributed by atoms with van der Waals surface area (Å²) in [5.41, 5.74) is 6.71. The number of para-hydroxylation sites is 1. The monoisotopic (exact) mass is 263 g/mol. The molecule has 0 fully saturated rings. The third-order valence-electron chi connectivity index (χ3n) is 2.86. The predicted octanol–water partition coefficient (Wildman–Crippen LogP) is 1.50. The minimum absolute atomic E-state index is 0.238. The van der Waals surface area contributed by atoms with Crippen LogP contribution in [0.15, 0.2) is 24.3 Å². The predicted molar refractivity (Wildman–Crippen MR) is 76.0 cm³/mol. The summed E-state index contributed by atoms with van der Waals surface area (Å²) in [6.45, 7) is 2.05. The number of rotatable bonds is 6. The first-order valence-electron chi connectivity index (χ1n) is 6.47. The molecule has 1 atom stereocenters. The average molecular weight is 263 g/mol. The number of anilines is 1. The molecule has 0 spiro atoms. The van der Waals surface area contributed by atoms with Gasteiger partial charge in [0.2, 0.25) is 5.91 Å². The lowest BCUT2D eigenvalue weighted by atomic mass is 10.1. The molecule has 1 aromatic carbocycles. The van der Waals surface area contributed by atoms with Crippen molar-refractivity contribution >= 4 is 17.5 Å². The number of carbonyl (C=O) groups excluding carboxylic acids is 2. The summed E-state index contributed by atoms with van der Waals surface area (Å²) >= 11 is 0. The van der Waals surface area contributed by atoms with Crippen molar-refractivity contribution in [1.29, 1.82) is 0 Å². The van der Waals surface area contributed by atoms with Crippen LogP contribution in [0.4, 0.5) is 5.69 Å². The first kappa shape index (κ1) is 15.2. The van der Waals surface area contributed by atoms with Crippen molar-refractivity contribution < 1.29 is 9.59 Å². The lowest BCUT2D eigenvalue weighted by molar-refractivity contribution is -0.117. The van der Waals surface area contributed by atoms with E-state index in [-0.39, 0.29) is 11.8 Å². The number of hydrogen-bond donors (Lipinski definition) is 3. The second-order valence-electron chi connectivity index (χ2n) is 4.36. The van der Waals surface area contributed by atoms with Gasteiger partial charge in [-0.2, -0.15) is 0 Å². The third-order valence-corrected chi connectivity index (χ3v) is 2.86. The van der Waals surface area contributed by atoms with Crippen molar-refractivity contribution in [3.63, 3.8) is 0 Å². The van der Waals surface area contributed by atoms with Gasteiger partial charge in [-0.15, -0.1) is 0 Å². The summed E-state index contributed by atoms with van der Waals surface area (Å²) in [5.74, 6) is -0.497. The van der Waals surface area contributed by atoms with Crippen molar-refractivity contribution in [2.24, 2.45) is 5.73 Å². The Morgan fingerprint density at radius 3 is 2.63 bits per heavy atom. The van der Waals surface area contributed by atoms with Gasteiger partial charge in [0.15, 0.2) is 0 Å². The molecule has 0 aliphatic rings. The molecular weight excluding hydrogens is 242 g/mol. The third kappa shape index (κ3) is 4.37. The van der Waals surface area contributed by atoms with Crippen LogP contribution in [-0.2, 0) is 4.79 Å². The van der Waals surface area contributed by atoms with Gasteiger partial charge < -0.3 is 16.4 Å². The lowest BCUT2D eigenvalue weighted by Crippen LogP contribution is -2.36. The molecular formula is C14H21N3O2. The van der Waals surface area contributed by atoms with Gasteiger partial charge in [-0.25, -0.2) is 0 Å². The van der Waals surface area contributed by atoms with Gasteiger partial charge >= 0.3 is 0 Å². The number of carbonyl (C=O) groups is 2. The largest absolute Gasteiger partial charge is 0.355 e. The summed E-state index contributed by atoms with van der Waals surface area (Å²) in [6.07, 6.45) is 2.55. The van der Waals surface area contributed by atoms with Crippen LogP contribution in [0.1, 0.15) is 36.5 Å². The van der Waals surface area contributed by atoms with E-state index in [1.165, 1.54) is 0 Å². The van der Waals surface area contributed by atoms with Crippen molar-refractivity contribution in [2.45, 2.75) is 32.2 Å². The molecule has 0 saturated carbocycles. The van der Waals surface area contributed by atoms with E-state index < -0.39 is 6.04 Å². The van der Waals surface area contributed by atoms with Crippen LogP contribution in [0.2, 0.25) is 0 Å². The highest BCUT2D eigenvalue weighted by molar-refractivity contribution is 6.04. The zero-order valence-corrected chi connectivity index (χ0v) is 11.4. The Labute approximate surface area is 113 Å². The summed E-state index contributed by atoms with van der Waals surface area (Å²) in [5, 5.41) is 5.25. The van der Waals surface area contributed by atoms with Crippen LogP contribution in [0.25, 0.3) is 0 Å². The Balaban J connectivity index is 2.76. The first-order chi connectivity index (χ1) is 9.10. The fourth-order valence-corrected chi connectivity index (χ4v) is 1.71. The van der Waals surface area contributed by atoms with E-state index in [0.29, 0.717) is 17.7 Å². The van der Waals surface area contributed by atoms with Crippen LogP contribution >= 0.6 is 0 Å². The van der Waals surface area contributed by atoms with Crippen LogP contribution in [0, 0.1) is 0 Å². The highest BCUT2D eigenvalue weighted by Crippen LogP contribution is 2.15. The van der Waals surface area contributed by atoms with Gasteiger partial charge in [-0.1, -0.05) is 31.9 Å². The van der Waals surface area contributed by atoms with Gasteiger partial charge in [0.05, 0.1) is 17.3 Å². The fourth-order valence-electron chi connectivity index (χ4n) is 1.71. The van der Waals surface area contributed by atoms with Crippen molar-refractivity contribution in [3.8, 4) is 0 Å². The molecule has 4 N–H and O–H groups in total. The van der Waals surface area contributed by atoms with Gasteiger partial charge in [-0.05, 0) is 18.6 Å². The van der Waals surface area contributed by atoms with E-state index >= 15 is 0 Å². The Morgan fingerprint density at radius 1 is 1.32 bits per heavy atom. The van der Waals surface area contributed by atoms with E-state index in [4.69, 9.17) is 5.73 Å². The number of amides is 2. The molecule has 0 bridgehead atoms. The maximum atomic E-state index is 11.9. The summed E-state index contributed by atoms with van der Waals surface area (Å²) < 4.78 is 0. The van der Waals surface area contributed by atoms with Crippen molar-refractivity contribution in [2.75, 3.05) is 12.4 Å². The van der Waals surface area contributed by atoms with Crippen LogP contribution < -0.4 is 16.4 Å². The van der Waals surface area contributed by atoms with E-state index in [2.05, 4.69) is 10.6 Å². The molecule has 5 nitrogen and oxygen atoms in total. The van der Waals surface area contributed by atoms with Crippen LogP contribution in [0.3, 0.4) is 0 Å². The number of unbranched alkanes of at least 4 members (excludes halogenated alkanes) is 1. The molecule has 1 rings (SSSR count). The zero-order valence-electron chi connectivity index (χ0n) is 11.4. The first-order valence-corrected chi connectivity index (χ1v) is 6.47. The molecule has 104 valence electrons. The fraction of sp³-hybridized carbons (Fsp3) is 0.429. The molecule has 0 aliphatic heterocycles. The molecule has 1 aromatic rings. The number of hydrogen-bond acceptors (Lipinski definition) is 3. The topological polar surface area (TPSA) is 84.2 Å². The second-order valence-corrected chi connectivity index (χ2v) is 4.36. The Kier molecular flexibility index (Phi) is 6.02. The Bertz CT molecular complexity index is 446. The molecule has 0 radical (unpaired) electrons. The molecule has 0 unspecified atom stereocenters. The number of nitrogens with one attached hydrogen (secondary N) is 2. The molecule has 0 aliphatic carbocycles. The van der Waals surface area contributed by atoms with E-state index in [9.17, 15) is 9.59 Å². The maximum Gasteiger partial charge on any atom is 0.253 e. The van der Waals surface area contributed by atoms with E-state index in [1.54, 1.807) is 31.3 Å². The van der Waals surface area contributed by atoms with Gasteiger partial charge in [-0.3, -0.25) is 9.59 Å². The molecule has 2 amide bonds. The maximum absolute atomic E-state index is 11.9. The summed E-state index contributed by atoms with van der Waals surface area (Å²) in [6, 6.07) is 6.32. The number of benzene rings is 1. The van der Waals surface area contributed by atoms with Crippen LogP contribution in [-0.4, -0.2) is 24.9 Å². The van der Waals surface area contributed by atoms with Gasteiger partial charge in [0.1, 0.15) is 0 Å². The SMILES string of the molecule is CCCC[C@H](N)C(=O)Nc1ccccc1C(=O)NC. The smallest absolute Gasteiger partial charge is 0.253 e. The molecule has 0 aromatic heterocycles. The summed E-state index contributed by atoms with van der Waals surface area (Å²) in [7, 11) is 1.55. The molecule has 19 heavy (non-hydrogen) atoms.